The summed E-state index contributed by atoms with van der Waals surface area (Å²) in [5.74, 6) is -2.26. The zero-order valence-electron chi connectivity index (χ0n) is 18.0. The molecule has 0 aliphatic carbocycles. The van der Waals surface area contributed by atoms with Crippen LogP contribution in [0.15, 0.2) is 94.4 Å². The Morgan fingerprint density at radius 2 is 1.62 bits per heavy atom. The second kappa shape index (κ2) is 9.32. The zero-order chi connectivity index (χ0) is 24.5. The number of aliphatic hydroxyl groups excluding tert-OH is 1. The van der Waals surface area contributed by atoms with Crippen LogP contribution in [-0.4, -0.2) is 32.0 Å². The number of nitrogens with zero attached hydrogens (tertiary/aromatic N) is 1. The fourth-order valence-electron chi connectivity index (χ4n) is 3.77. The van der Waals surface area contributed by atoms with Gasteiger partial charge in [-0.25, -0.2) is 13.2 Å². The van der Waals surface area contributed by atoms with Crippen molar-refractivity contribution in [1.82, 2.24) is 0 Å². The maximum absolute atomic E-state index is 13.5. The summed E-state index contributed by atoms with van der Waals surface area (Å²) in [4.78, 5) is 25.9. The van der Waals surface area contributed by atoms with Crippen LogP contribution < -0.4 is 4.90 Å². The molecule has 9 heteroatoms. The predicted octanol–water partition coefficient (Wildman–Crippen LogP) is 4.85. The molecule has 0 spiro atoms. The Kier molecular flexibility index (Phi) is 6.45. The van der Waals surface area contributed by atoms with E-state index in [2.05, 4.69) is 0 Å². The average molecular weight is 498 g/mol. The van der Waals surface area contributed by atoms with Gasteiger partial charge in [-0.3, -0.25) is 9.69 Å². The third-order valence-electron chi connectivity index (χ3n) is 5.35. The van der Waals surface area contributed by atoms with E-state index in [0.29, 0.717) is 16.3 Å². The Morgan fingerprint density at radius 1 is 1.00 bits per heavy atom. The molecule has 3 aromatic rings. The molecule has 1 atom stereocenters. The highest BCUT2D eigenvalue weighted by Gasteiger charge is 2.47. The van der Waals surface area contributed by atoms with E-state index in [1.807, 2.05) is 0 Å². The third kappa shape index (κ3) is 4.18. The van der Waals surface area contributed by atoms with Crippen LogP contribution in [-0.2, 0) is 19.4 Å². The number of benzene rings is 3. The predicted molar refractivity (Wildman–Crippen MR) is 127 cm³/mol. The van der Waals surface area contributed by atoms with Crippen molar-refractivity contribution in [3.05, 3.63) is 106 Å². The van der Waals surface area contributed by atoms with Crippen molar-refractivity contribution in [3.63, 3.8) is 0 Å². The third-order valence-corrected chi connectivity index (χ3v) is 7.49. The van der Waals surface area contributed by atoms with Gasteiger partial charge in [-0.05, 0) is 61.0 Å². The number of halogens is 1. The standard InChI is InChI=1S/C25H20ClNO6S/c1-2-33-25(30)17-10-14-19(15-11-17)27-21(16-8-12-18(26)13-9-16)23(22(28)24(27)29)34(31,32)20-6-4-3-5-7-20/h3-15,21,28H,2H2,1H3. The van der Waals surface area contributed by atoms with Gasteiger partial charge in [-0.1, -0.05) is 41.9 Å². The maximum atomic E-state index is 13.5. The summed E-state index contributed by atoms with van der Waals surface area (Å²) in [7, 11) is -4.24. The lowest BCUT2D eigenvalue weighted by atomic mass is 10.1. The Bertz CT molecular complexity index is 1370. The van der Waals surface area contributed by atoms with Crippen molar-refractivity contribution in [2.24, 2.45) is 0 Å². The molecule has 7 nitrogen and oxygen atoms in total. The first-order chi connectivity index (χ1) is 16.3. The molecule has 3 aromatic carbocycles. The van der Waals surface area contributed by atoms with Crippen LogP contribution in [0.5, 0.6) is 0 Å². The van der Waals surface area contributed by atoms with Gasteiger partial charge in [-0.15, -0.1) is 0 Å². The SMILES string of the molecule is CCOC(=O)c1ccc(N2C(=O)C(O)=C(S(=O)(=O)c3ccccc3)C2c2ccc(Cl)cc2)cc1. The van der Waals surface area contributed by atoms with Gasteiger partial charge in [0.1, 0.15) is 10.9 Å². The van der Waals surface area contributed by atoms with Crippen LogP contribution in [0.1, 0.15) is 28.9 Å². The van der Waals surface area contributed by atoms with Crippen LogP contribution in [0.25, 0.3) is 0 Å². The molecule has 1 aliphatic heterocycles. The zero-order valence-corrected chi connectivity index (χ0v) is 19.6. The van der Waals surface area contributed by atoms with Crippen molar-refractivity contribution >= 4 is 39.0 Å². The molecule has 0 radical (unpaired) electrons. The van der Waals surface area contributed by atoms with Crippen molar-refractivity contribution in [3.8, 4) is 0 Å². The highest BCUT2D eigenvalue weighted by Crippen LogP contribution is 2.45. The van der Waals surface area contributed by atoms with Gasteiger partial charge in [0, 0.05) is 10.7 Å². The molecule has 1 amide bonds. The molecular formula is C25H20ClNO6S. The first-order valence-corrected chi connectivity index (χ1v) is 12.2. The molecular weight excluding hydrogens is 478 g/mol. The monoisotopic (exact) mass is 497 g/mol. The molecule has 0 fully saturated rings. The van der Waals surface area contributed by atoms with Gasteiger partial charge < -0.3 is 9.84 Å². The number of sulfone groups is 1. The summed E-state index contributed by atoms with van der Waals surface area (Å²) >= 11 is 6.02. The molecule has 1 unspecified atom stereocenters. The molecule has 174 valence electrons. The molecule has 0 saturated carbocycles. The molecule has 0 aromatic heterocycles. The van der Waals surface area contributed by atoms with E-state index in [1.54, 1.807) is 49.4 Å². The number of aliphatic hydroxyl groups is 1. The smallest absolute Gasteiger partial charge is 0.338 e. The first kappa shape index (κ1) is 23.5. The fraction of sp³-hybridized carbons (Fsp3) is 0.120. The molecule has 4 rings (SSSR count). The minimum atomic E-state index is -4.24. The largest absolute Gasteiger partial charge is 0.502 e. The summed E-state index contributed by atoms with van der Waals surface area (Å²) in [6.45, 7) is 1.90. The summed E-state index contributed by atoms with van der Waals surface area (Å²) in [5.41, 5.74) is 1.00. The molecule has 0 bridgehead atoms. The number of carbonyl (C=O) groups is 2. The summed E-state index contributed by atoms with van der Waals surface area (Å²) in [6.07, 6.45) is 0. The number of anilines is 1. The van der Waals surface area contributed by atoms with E-state index in [0.717, 1.165) is 0 Å². The highest BCUT2D eigenvalue weighted by molar-refractivity contribution is 7.95. The van der Waals surface area contributed by atoms with Crippen LogP contribution >= 0.6 is 11.6 Å². The van der Waals surface area contributed by atoms with Crippen LogP contribution in [0.4, 0.5) is 5.69 Å². The second-order valence-corrected chi connectivity index (χ2v) is 9.78. The van der Waals surface area contributed by atoms with Gasteiger partial charge in [0.15, 0.2) is 5.76 Å². The van der Waals surface area contributed by atoms with Crippen molar-refractivity contribution in [2.45, 2.75) is 17.9 Å². The Balaban J connectivity index is 1.85. The van der Waals surface area contributed by atoms with Gasteiger partial charge in [0.25, 0.3) is 5.91 Å². The summed E-state index contributed by atoms with van der Waals surface area (Å²) < 4.78 is 32.1. The molecule has 1 heterocycles. The Hall–Kier alpha value is -3.62. The molecule has 0 saturated heterocycles. The van der Waals surface area contributed by atoms with Crippen molar-refractivity contribution < 1.29 is 27.9 Å². The van der Waals surface area contributed by atoms with Crippen LogP contribution in [0, 0.1) is 0 Å². The van der Waals surface area contributed by atoms with Crippen LogP contribution in [0.2, 0.25) is 5.02 Å². The number of esters is 1. The minimum absolute atomic E-state index is 0.0529. The maximum Gasteiger partial charge on any atom is 0.338 e. The van der Waals surface area contributed by atoms with E-state index in [1.165, 1.54) is 41.3 Å². The van der Waals surface area contributed by atoms with Gasteiger partial charge >= 0.3 is 5.97 Å². The van der Waals surface area contributed by atoms with Gasteiger partial charge in [-0.2, -0.15) is 0 Å². The number of amides is 1. The highest BCUT2D eigenvalue weighted by atomic mass is 35.5. The summed E-state index contributed by atoms with van der Waals surface area (Å²) in [6, 6.07) is 18.7. The Labute approximate surface area is 201 Å². The minimum Gasteiger partial charge on any atom is -0.502 e. The normalized spacial score (nSPS) is 16.1. The van der Waals surface area contributed by atoms with E-state index < -0.39 is 38.4 Å². The summed E-state index contributed by atoms with van der Waals surface area (Å²) in [5, 5.41) is 11.2. The first-order valence-electron chi connectivity index (χ1n) is 10.3. The number of ether oxygens (including phenoxy) is 1. The number of hydrogen-bond acceptors (Lipinski definition) is 6. The van der Waals surface area contributed by atoms with Crippen molar-refractivity contribution in [2.75, 3.05) is 11.5 Å². The number of carbonyl (C=O) groups excluding carboxylic acids is 2. The van der Waals surface area contributed by atoms with E-state index in [9.17, 15) is 23.1 Å². The quantitative estimate of drug-likeness (QED) is 0.489. The number of hydrogen-bond donors (Lipinski definition) is 1. The lowest BCUT2D eigenvalue weighted by Crippen LogP contribution is -2.31. The Morgan fingerprint density at radius 3 is 2.21 bits per heavy atom. The average Bonchev–Trinajstić information content (AvgIpc) is 3.11. The molecule has 34 heavy (non-hydrogen) atoms. The lowest BCUT2D eigenvalue weighted by Gasteiger charge is -2.27. The van der Waals surface area contributed by atoms with Crippen LogP contribution in [0.3, 0.4) is 0 Å². The number of rotatable bonds is 6. The molecule has 1 aliphatic rings. The van der Waals surface area contributed by atoms with Gasteiger partial charge in [0.05, 0.1) is 17.1 Å². The topological polar surface area (TPSA) is 101 Å². The van der Waals surface area contributed by atoms with E-state index in [4.69, 9.17) is 16.3 Å². The van der Waals surface area contributed by atoms with E-state index in [-0.39, 0.29) is 17.1 Å². The molecule has 1 N–H and O–H groups in total. The fourth-order valence-corrected chi connectivity index (χ4v) is 5.54. The van der Waals surface area contributed by atoms with Crippen molar-refractivity contribution in [1.29, 1.82) is 0 Å². The lowest BCUT2D eigenvalue weighted by molar-refractivity contribution is -0.117. The van der Waals surface area contributed by atoms with E-state index >= 15 is 0 Å². The second-order valence-electron chi connectivity index (χ2n) is 7.43. The van der Waals surface area contributed by atoms with Gasteiger partial charge in [0.2, 0.25) is 9.84 Å².